The van der Waals surface area contributed by atoms with Crippen LogP contribution in [0.4, 0.5) is 5.69 Å². The molecule has 2 aromatic rings. The van der Waals surface area contributed by atoms with E-state index in [9.17, 15) is 14.4 Å². The van der Waals surface area contributed by atoms with Crippen LogP contribution in [-0.4, -0.2) is 35.7 Å². The zero-order valence-corrected chi connectivity index (χ0v) is 18.9. The third-order valence-electron chi connectivity index (χ3n) is 4.03. The van der Waals surface area contributed by atoms with Gasteiger partial charge in [0.1, 0.15) is 12.0 Å². The van der Waals surface area contributed by atoms with E-state index < -0.39 is 23.1 Å². The number of halogens is 1. The largest absolute Gasteiger partial charge is 0.497 e. The van der Waals surface area contributed by atoms with Crippen LogP contribution in [0.2, 0.25) is 5.02 Å². The maximum absolute atomic E-state index is 12.3. The number of hydrazine groups is 1. The fourth-order valence-corrected chi connectivity index (χ4v) is 3.07. The Hall–Kier alpha value is -2.82. The highest BCUT2D eigenvalue weighted by Crippen LogP contribution is 2.15. The zero-order valence-electron chi connectivity index (χ0n) is 16.4. The molecule has 0 saturated carbocycles. The van der Waals surface area contributed by atoms with Gasteiger partial charge in [-0.1, -0.05) is 17.7 Å². The quantitative estimate of drug-likeness (QED) is 0.130. The van der Waals surface area contributed by atoms with E-state index in [1.165, 1.54) is 7.11 Å². The average Bonchev–Trinajstić information content (AvgIpc) is 2.76. The van der Waals surface area contributed by atoms with Crippen LogP contribution in [0.1, 0.15) is 16.8 Å². The number of hydrogen-bond donors (Lipinski definition) is 5. The summed E-state index contributed by atoms with van der Waals surface area (Å²) in [5.74, 6) is -1.19. The van der Waals surface area contributed by atoms with E-state index in [4.69, 9.17) is 28.6 Å². The first-order chi connectivity index (χ1) is 14.8. The third-order valence-corrected chi connectivity index (χ3v) is 4.98. The predicted molar refractivity (Wildman–Crippen MR) is 126 cm³/mol. The van der Waals surface area contributed by atoms with Crippen LogP contribution >= 0.6 is 36.4 Å². The third kappa shape index (κ3) is 8.08. The van der Waals surface area contributed by atoms with Gasteiger partial charge in [-0.25, -0.2) is 0 Å². The van der Waals surface area contributed by atoms with E-state index in [0.29, 0.717) is 28.3 Å². The summed E-state index contributed by atoms with van der Waals surface area (Å²) >= 11 is 15.2. The Bertz CT molecular complexity index is 943. The predicted octanol–water partition coefficient (Wildman–Crippen LogP) is 2.56. The average molecular weight is 481 g/mol. The topological polar surface area (TPSA) is 109 Å². The number of methoxy groups -OCH3 is 1. The summed E-state index contributed by atoms with van der Waals surface area (Å²) in [4.78, 5) is 35.9. The number of anilines is 1. The van der Waals surface area contributed by atoms with Gasteiger partial charge in [0.15, 0.2) is 5.11 Å². The Kier molecular flexibility index (Phi) is 9.57. The number of aldehydes is 1. The van der Waals surface area contributed by atoms with Crippen molar-refractivity contribution in [2.45, 2.75) is 11.8 Å². The highest BCUT2D eigenvalue weighted by Gasteiger charge is 2.23. The Morgan fingerprint density at radius 3 is 2.52 bits per heavy atom. The lowest BCUT2D eigenvalue weighted by Crippen LogP contribution is -2.46. The van der Waals surface area contributed by atoms with Crippen molar-refractivity contribution in [3.8, 4) is 5.75 Å². The van der Waals surface area contributed by atoms with Crippen LogP contribution in [0.3, 0.4) is 0 Å². The van der Waals surface area contributed by atoms with Gasteiger partial charge in [-0.05, 0) is 54.7 Å². The molecular formula is C20H21ClN4O4S2. The first kappa shape index (κ1) is 24.4. The first-order valence-corrected chi connectivity index (χ1v) is 10.3. The van der Waals surface area contributed by atoms with Gasteiger partial charge in [0.25, 0.3) is 5.91 Å². The molecule has 2 aromatic carbocycles. The highest BCUT2D eigenvalue weighted by molar-refractivity contribution is 7.81. The van der Waals surface area contributed by atoms with Crippen LogP contribution in [0.25, 0.3) is 0 Å². The van der Waals surface area contributed by atoms with Crippen molar-refractivity contribution in [2.24, 2.45) is 5.92 Å². The van der Waals surface area contributed by atoms with E-state index in [-0.39, 0.29) is 11.5 Å². The molecule has 8 nitrogen and oxygen atoms in total. The molecule has 0 radical (unpaired) electrons. The van der Waals surface area contributed by atoms with Crippen molar-refractivity contribution < 1.29 is 19.1 Å². The molecule has 31 heavy (non-hydrogen) atoms. The second-order valence-electron chi connectivity index (χ2n) is 6.29. The maximum atomic E-state index is 12.3. The van der Waals surface area contributed by atoms with Crippen LogP contribution in [-0.2, 0) is 9.59 Å². The molecule has 0 heterocycles. The Balaban J connectivity index is 1.81. The molecule has 4 N–H and O–H groups in total. The number of carbonyl (C=O) groups excluding carboxylic acids is 3. The maximum Gasteiger partial charge on any atom is 0.252 e. The van der Waals surface area contributed by atoms with Gasteiger partial charge < -0.3 is 20.2 Å². The molecule has 0 aliphatic rings. The van der Waals surface area contributed by atoms with Gasteiger partial charge in [-0.3, -0.25) is 20.4 Å². The van der Waals surface area contributed by atoms with E-state index in [2.05, 4.69) is 34.1 Å². The first-order valence-electron chi connectivity index (χ1n) is 9.02. The number of hydrogen-bond acceptors (Lipinski definition) is 6. The van der Waals surface area contributed by atoms with E-state index in [1.54, 1.807) is 48.5 Å². The number of nitrogens with one attached hydrogen (secondary N) is 4. The number of rotatable bonds is 8. The molecule has 0 saturated heterocycles. The van der Waals surface area contributed by atoms with Crippen molar-refractivity contribution in [2.75, 3.05) is 12.4 Å². The Labute approximate surface area is 195 Å². The summed E-state index contributed by atoms with van der Waals surface area (Å²) in [5.41, 5.74) is 5.93. The minimum Gasteiger partial charge on any atom is -0.497 e. The molecule has 0 aliphatic heterocycles. The van der Waals surface area contributed by atoms with E-state index in [1.807, 2.05) is 0 Å². The van der Waals surface area contributed by atoms with Gasteiger partial charge in [-0.2, -0.15) is 12.6 Å². The van der Waals surface area contributed by atoms with Gasteiger partial charge in [0.05, 0.1) is 18.4 Å². The summed E-state index contributed by atoms with van der Waals surface area (Å²) in [7, 11) is 1.52. The molecule has 2 unspecified atom stereocenters. The standard InChI is InChI=1S/C20H21ClN4O4S2/c1-29-16-7-5-12(6-8-16)18(28)23-19(30)13(11-26)9-17(27)24-25-20(31)22-15-4-2-3-14(21)10-15/h2-8,10-11,13,19,30H,9H2,1H3,(H,23,28)(H,24,27)(H2,22,25,31). The molecule has 2 rings (SSSR count). The van der Waals surface area contributed by atoms with Gasteiger partial charge in [0.2, 0.25) is 5.91 Å². The second kappa shape index (κ2) is 12.1. The molecule has 2 atom stereocenters. The normalized spacial score (nSPS) is 12.1. The summed E-state index contributed by atoms with van der Waals surface area (Å²) in [6, 6.07) is 13.3. The van der Waals surface area contributed by atoms with Crippen molar-refractivity contribution in [1.82, 2.24) is 16.2 Å². The van der Waals surface area contributed by atoms with E-state index in [0.717, 1.165) is 0 Å². The van der Waals surface area contributed by atoms with Crippen LogP contribution in [0, 0.1) is 5.92 Å². The molecule has 0 aromatic heterocycles. The highest BCUT2D eigenvalue weighted by atomic mass is 35.5. The lowest BCUT2D eigenvalue weighted by atomic mass is 10.1. The fourth-order valence-electron chi connectivity index (χ4n) is 2.42. The van der Waals surface area contributed by atoms with Crippen LogP contribution < -0.4 is 26.2 Å². The molecule has 0 aliphatic carbocycles. The van der Waals surface area contributed by atoms with Crippen LogP contribution in [0.15, 0.2) is 48.5 Å². The SMILES string of the molecule is COc1ccc(C(=O)NC(S)C(C=O)CC(=O)NNC(=S)Nc2cccc(Cl)c2)cc1. The van der Waals surface area contributed by atoms with Gasteiger partial charge >= 0.3 is 0 Å². The number of thiocarbonyl (C=S) groups is 1. The van der Waals surface area contributed by atoms with Gasteiger partial charge in [0, 0.05) is 22.7 Å². The minimum absolute atomic E-state index is 0.133. The lowest BCUT2D eigenvalue weighted by molar-refractivity contribution is -0.125. The Morgan fingerprint density at radius 1 is 1.19 bits per heavy atom. The van der Waals surface area contributed by atoms with Crippen molar-refractivity contribution in [3.05, 3.63) is 59.1 Å². The van der Waals surface area contributed by atoms with Crippen molar-refractivity contribution >= 4 is 65.3 Å². The van der Waals surface area contributed by atoms with Crippen LogP contribution in [0.5, 0.6) is 5.75 Å². The van der Waals surface area contributed by atoms with E-state index >= 15 is 0 Å². The molecular weight excluding hydrogens is 460 g/mol. The summed E-state index contributed by atoms with van der Waals surface area (Å²) in [6.07, 6.45) is 0.349. The number of amides is 2. The summed E-state index contributed by atoms with van der Waals surface area (Å²) in [6.45, 7) is 0. The summed E-state index contributed by atoms with van der Waals surface area (Å²) < 4.78 is 5.04. The second-order valence-corrected chi connectivity index (χ2v) is 7.69. The molecule has 0 fully saturated rings. The molecule has 0 bridgehead atoms. The molecule has 164 valence electrons. The number of benzene rings is 2. The summed E-state index contributed by atoms with van der Waals surface area (Å²) in [5, 5.41) is 5.24. The fraction of sp³-hybridized carbons (Fsp3) is 0.200. The lowest BCUT2D eigenvalue weighted by Gasteiger charge is -2.19. The molecule has 11 heteroatoms. The number of thiol groups is 1. The van der Waals surface area contributed by atoms with Crippen molar-refractivity contribution in [1.29, 1.82) is 0 Å². The minimum atomic E-state index is -0.866. The molecule has 2 amide bonds. The monoisotopic (exact) mass is 480 g/mol. The number of ether oxygens (including phenoxy) is 1. The Morgan fingerprint density at radius 2 is 1.90 bits per heavy atom. The van der Waals surface area contributed by atoms with Gasteiger partial charge in [-0.15, -0.1) is 0 Å². The zero-order chi connectivity index (χ0) is 22.8. The van der Waals surface area contributed by atoms with Crippen molar-refractivity contribution in [3.63, 3.8) is 0 Å². The molecule has 0 spiro atoms. The smallest absolute Gasteiger partial charge is 0.252 e. The number of carbonyl (C=O) groups is 3.